The van der Waals surface area contributed by atoms with Crippen molar-refractivity contribution >= 4 is 28.8 Å². The van der Waals surface area contributed by atoms with Crippen LogP contribution in [0.25, 0.3) is 16.9 Å². The molecule has 0 saturated carbocycles. The number of halogens is 1. The van der Waals surface area contributed by atoms with Crippen molar-refractivity contribution in [2.45, 2.75) is 0 Å². The van der Waals surface area contributed by atoms with Crippen molar-refractivity contribution in [1.29, 1.82) is 0 Å². The van der Waals surface area contributed by atoms with E-state index in [1.807, 2.05) is 40.9 Å². The molecule has 6 heteroatoms. The Hall–Kier alpha value is -2.37. The van der Waals surface area contributed by atoms with Gasteiger partial charge in [0.05, 0.1) is 17.9 Å². The fourth-order valence-corrected chi connectivity index (χ4v) is 2.16. The van der Waals surface area contributed by atoms with E-state index in [0.29, 0.717) is 10.7 Å². The zero-order valence-corrected chi connectivity index (χ0v) is 11.8. The molecule has 2 aromatic heterocycles. The van der Waals surface area contributed by atoms with Crippen LogP contribution in [0.15, 0.2) is 48.8 Å². The minimum atomic E-state index is -0.229. The van der Waals surface area contributed by atoms with Crippen molar-refractivity contribution < 1.29 is 4.79 Å². The van der Waals surface area contributed by atoms with Gasteiger partial charge in [0.15, 0.2) is 0 Å². The zero-order chi connectivity index (χ0) is 14.8. The van der Waals surface area contributed by atoms with Crippen molar-refractivity contribution in [3.05, 3.63) is 53.8 Å². The second-order valence-corrected chi connectivity index (χ2v) is 5.01. The maximum atomic E-state index is 11.3. The summed E-state index contributed by atoms with van der Waals surface area (Å²) in [6.45, 7) is -0.0437. The average Bonchev–Trinajstić information content (AvgIpc) is 2.91. The molecule has 1 aromatic carbocycles. The molecular weight excluding hydrogens is 288 g/mol. The Morgan fingerprint density at radius 2 is 1.95 bits per heavy atom. The van der Waals surface area contributed by atoms with Crippen LogP contribution in [0, 0.1) is 0 Å². The van der Waals surface area contributed by atoms with Gasteiger partial charge in [-0.15, -0.1) is 0 Å². The molecule has 0 unspecified atom stereocenters. The van der Waals surface area contributed by atoms with Crippen LogP contribution in [0.5, 0.6) is 0 Å². The Bertz CT molecular complexity index is 795. The lowest BCUT2D eigenvalue weighted by molar-refractivity contribution is -0.114. The van der Waals surface area contributed by atoms with Gasteiger partial charge in [-0.3, -0.25) is 4.79 Å². The Kier molecular flexibility index (Phi) is 3.60. The number of benzene rings is 1. The molecule has 0 aliphatic rings. The van der Waals surface area contributed by atoms with Crippen molar-refractivity contribution in [2.24, 2.45) is 5.73 Å². The number of nitrogens with zero attached hydrogens (tertiary/aromatic N) is 2. The molecule has 3 aromatic rings. The summed E-state index contributed by atoms with van der Waals surface area (Å²) < 4.78 is 1.86. The van der Waals surface area contributed by atoms with Gasteiger partial charge in [0.25, 0.3) is 0 Å². The number of nitrogens with two attached hydrogens (primary N) is 1. The monoisotopic (exact) mass is 300 g/mol. The first-order valence-electron chi connectivity index (χ1n) is 6.40. The molecule has 106 valence electrons. The van der Waals surface area contributed by atoms with E-state index in [4.69, 9.17) is 17.3 Å². The zero-order valence-electron chi connectivity index (χ0n) is 11.1. The highest BCUT2D eigenvalue weighted by atomic mass is 35.5. The Morgan fingerprint density at radius 1 is 1.19 bits per heavy atom. The third-order valence-electron chi connectivity index (χ3n) is 3.06. The first kappa shape index (κ1) is 13.6. The highest BCUT2D eigenvalue weighted by Gasteiger charge is 2.06. The number of aromatic nitrogens is 2. The molecule has 3 N–H and O–H groups in total. The highest BCUT2D eigenvalue weighted by Crippen LogP contribution is 2.22. The molecule has 0 bridgehead atoms. The van der Waals surface area contributed by atoms with Crippen molar-refractivity contribution in [2.75, 3.05) is 11.9 Å². The quantitative estimate of drug-likeness (QED) is 0.781. The first-order chi connectivity index (χ1) is 10.2. The van der Waals surface area contributed by atoms with E-state index in [0.717, 1.165) is 16.9 Å². The molecule has 21 heavy (non-hydrogen) atoms. The van der Waals surface area contributed by atoms with Gasteiger partial charge in [-0.05, 0) is 24.3 Å². The summed E-state index contributed by atoms with van der Waals surface area (Å²) in [4.78, 5) is 15.8. The molecule has 0 saturated heterocycles. The molecule has 0 atom stereocenters. The van der Waals surface area contributed by atoms with Gasteiger partial charge in [0.2, 0.25) is 5.91 Å². The van der Waals surface area contributed by atoms with E-state index >= 15 is 0 Å². The highest BCUT2D eigenvalue weighted by molar-refractivity contribution is 6.30. The number of nitrogens with one attached hydrogen (secondary N) is 1. The molecule has 0 radical (unpaired) electrons. The maximum absolute atomic E-state index is 11.3. The fourth-order valence-electron chi connectivity index (χ4n) is 2.04. The van der Waals surface area contributed by atoms with Crippen molar-refractivity contribution in [1.82, 2.24) is 9.38 Å². The van der Waals surface area contributed by atoms with Gasteiger partial charge in [0, 0.05) is 23.0 Å². The standard InChI is InChI=1S/C15H13ClN4O/c16-11-3-1-10(2-4-11)13-9-20-8-12(18-15(21)7-17)5-6-14(20)19-13/h1-6,8-9H,7,17H2,(H,18,21). The van der Waals surface area contributed by atoms with Crippen LogP contribution in [0.1, 0.15) is 0 Å². The second kappa shape index (κ2) is 5.55. The number of carbonyl (C=O) groups excluding carboxylic acids is 1. The molecule has 5 nitrogen and oxygen atoms in total. The third-order valence-corrected chi connectivity index (χ3v) is 3.31. The summed E-state index contributed by atoms with van der Waals surface area (Å²) in [6, 6.07) is 11.1. The SMILES string of the molecule is NCC(=O)Nc1ccc2nc(-c3ccc(Cl)cc3)cn2c1. The average molecular weight is 301 g/mol. The molecule has 2 heterocycles. The molecular formula is C15H13ClN4O. The summed E-state index contributed by atoms with van der Waals surface area (Å²) in [6.07, 6.45) is 3.70. The number of amides is 1. The van der Waals surface area contributed by atoms with Gasteiger partial charge < -0.3 is 15.5 Å². The van der Waals surface area contributed by atoms with E-state index in [1.54, 1.807) is 12.3 Å². The summed E-state index contributed by atoms with van der Waals surface area (Å²) in [5.41, 5.74) is 8.58. The minimum Gasteiger partial charge on any atom is -0.324 e. The minimum absolute atomic E-state index is 0.0437. The van der Waals surface area contributed by atoms with Gasteiger partial charge in [-0.2, -0.15) is 0 Å². The van der Waals surface area contributed by atoms with Crippen LogP contribution in [-0.4, -0.2) is 21.8 Å². The van der Waals surface area contributed by atoms with E-state index in [2.05, 4.69) is 10.3 Å². The molecule has 0 spiro atoms. The van der Waals surface area contributed by atoms with Gasteiger partial charge in [0.1, 0.15) is 5.65 Å². The molecule has 1 amide bonds. The Labute approximate surface area is 126 Å². The number of carbonyl (C=O) groups is 1. The lowest BCUT2D eigenvalue weighted by atomic mass is 10.2. The summed E-state index contributed by atoms with van der Waals surface area (Å²) in [5.74, 6) is -0.229. The van der Waals surface area contributed by atoms with Crippen LogP contribution in [0.3, 0.4) is 0 Å². The van der Waals surface area contributed by atoms with Gasteiger partial charge in [-0.1, -0.05) is 23.7 Å². The van der Waals surface area contributed by atoms with Crippen LogP contribution < -0.4 is 11.1 Å². The topological polar surface area (TPSA) is 72.4 Å². The maximum Gasteiger partial charge on any atom is 0.238 e. The van der Waals surface area contributed by atoms with Crippen LogP contribution >= 0.6 is 11.6 Å². The van der Waals surface area contributed by atoms with Crippen LogP contribution in [-0.2, 0) is 4.79 Å². The number of fused-ring (bicyclic) bond motifs is 1. The number of rotatable bonds is 3. The number of imidazole rings is 1. The van der Waals surface area contributed by atoms with Crippen molar-refractivity contribution in [3.8, 4) is 11.3 Å². The predicted molar refractivity (Wildman–Crippen MR) is 83.3 cm³/mol. The predicted octanol–water partition coefficient (Wildman–Crippen LogP) is 2.55. The Balaban J connectivity index is 1.96. The number of pyridine rings is 1. The molecule has 0 aliphatic carbocycles. The molecule has 0 aliphatic heterocycles. The first-order valence-corrected chi connectivity index (χ1v) is 6.78. The van der Waals surface area contributed by atoms with E-state index in [1.165, 1.54) is 0 Å². The fraction of sp³-hybridized carbons (Fsp3) is 0.0667. The summed E-state index contributed by atoms with van der Waals surface area (Å²) in [7, 11) is 0. The van der Waals surface area contributed by atoms with Gasteiger partial charge in [-0.25, -0.2) is 4.98 Å². The van der Waals surface area contributed by atoms with E-state index in [-0.39, 0.29) is 12.5 Å². The van der Waals surface area contributed by atoms with Crippen molar-refractivity contribution in [3.63, 3.8) is 0 Å². The number of anilines is 1. The van der Waals surface area contributed by atoms with Gasteiger partial charge >= 0.3 is 0 Å². The number of hydrogen-bond donors (Lipinski definition) is 2. The largest absolute Gasteiger partial charge is 0.324 e. The summed E-state index contributed by atoms with van der Waals surface area (Å²) in [5, 5.41) is 3.40. The third kappa shape index (κ3) is 2.89. The van der Waals surface area contributed by atoms with E-state index < -0.39 is 0 Å². The smallest absolute Gasteiger partial charge is 0.238 e. The summed E-state index contributed by atoms with van der Waals surface area (Å²) >= 11 is 5.88. The lowest BCUT2D eigenvalue weighted by Crippen LogP contribution is -2.21. The van der Waals surface area contributed by atoms with Crippen LogP contribution in [0.2, 0.25) is 5.02 Å². The van der Waals surface area contributed by atoms with E-state index in [9.17, 15) is 4.79 Å². The lowest BCUT2D eigenvalue weighted by Gasteiger charge is -2.03. The Morgan fingerprint density at radius 3 is 2.67 bits per heavy atom. The second-order valence-electron chi connectivity index (χ2n) is 4.57. The normalized spacial score (nSPS) is 10.8. The molecule has 0 fully saturated rings. The number of hydrogen-bond acceptors (Lipinski definition) is 3. The van der Waals surface area contributed by atoms with Crippen LogP contribution in [0.4, 0.5) is 5.69 Å². The molecule has 3 rings (SSSR count).